The van der Waals surface area contributed by atoms with E-state index in [4.69, 9.17) is 16.3 Å². The minimum Gasteiger partial charge on any atom is -0.491 e. The molecule has 0 spiro atoms. The second-order valence-electron chi connectivity index (χ2n) is 4.67. The predicted molar refractivity (Wildman–Crippen MR) is 69.6 cm³/mol. The third-order valence-corrected chi connectivity index (χ3v) is 2.43. The van der Waals surface area contributed by atoms with Crippen LogP contribution in [0.4, 0.5) is 0 Å². The lowest BCUT2D eigenvalue weighted by Gasteiger charge is -2.26. The van der Waals surface area contributed by atoms with Crippen LogP contribution in [0.5, 0.6) is 5.75 Å². The molecule has 0 unspecified atom stereocenters. The fourth-order valence-electron chi connectivity index (χ4n) is 1.42. The van der Waals surface area contributed by atoms with E-state index in [0.717, 1.165) is 11.3 Å². The lowest BCUT2D eigenvalue weighted by Crippen LogP contribution is -2.48. The van der Waals surface area contributed by atoms with Crippen LogP contribution < -0.4 is 10.1 Å². The summed E-state index contributed by atoms with van der Waals surface area (Å²) in [7, 11) is 0. The molecule has 1 aromatic rings. The fraction of sp³-hybridized carbons (Fsp3) is 0.462. The van der Waals surface area contributed by atoms with E-state index in [2.05, 4.69) is 5.32 Å². The number of aryl methyl sites for hydroxylation is 1. The average molecular weight is 256 g/mol. The normalized spacial score (nSPS) is 11.1. The van der Waals surface area contributed by atoms with Gasteiger partial charge in [-0.3, -0.25) is 4.79 Å². The average Bonchev–Trinajstić information content (AvgIpc) is 2.26. The van der Waals surface area contributed by atoms with Crippen molar-refractivity contribution in [3.05, 3.63) is 29.8 Å². The van der Waals surface area contributed by atoms with Gasteiger partial charge in [0.2, 0.25) is 5.91 Å². The molecule has 0 saturated carbocycles. The highest BCUT2D eigenvalue weighted by Gasteiger charge is 2.20. The van der Waals surface area contributed by atoms with Gasteiger partial charge in [-0.15, -0.1) is 11.6 Å². The smallest absolute Gasteiger partial charge is 0.235 e. The van der Waals surface area contributed by atoms with Crippen molar-refractivity contribution in [3.8, 4) is 5.75 Å². The van der Waals surface area contributed by atoms with Gasteiger partial charge in [0.1, 0.15) is 18.2 Å². The minimum absolute atomic E-state index is 0.0339. The molecular weight excluding hydrogens is 238 g/mol. The Labute approximate surface area is 107 Å². The summed E-state index contributed by atoms with van der Waals surface area (Å²) >= 11 is 5.44. The van der Waals surface area contributed by atoms with Crippen LogP contribution in [0.1, 0.15) is 19.4 Å². The number of rotatable bonds is 5. The Balaban J connectivity index is 2.52. The van der Waals surface area contributed by atoms with Crippen molar-refractivity contribution in [2.75, 3.05) is 12.5 Å². The summed E-state index contributed by atoms with van der Waals surface area (Å²) in [5.74, 6) is 0.580. The van der Waals surface area contributed by atoms with Crippen molar-refractivity contribution in [1.29, 1.82) is 0 Å². The second kappa shape index (κ2) is 5.92. The Kier molecular flexibility index (Phi) is 4.82. The van der Waals surface area contributed by atoms with Gasteiger partial charge in [0, 0.05) is 0 Å². The van der Waals surface area contributed by atoms with Gasteiger partial charge in [-0.1, -0.05) is 12.1 Å². The molecule has 0 heterocycles. The van der Waals surface area contributed by atoms with Crippen molar-refractivity contribution < 1.29 is 9.53 Å². The molecule has 0 radical (unpaired) electrons. The second-order valence-corrected chi connectivity index (χ2v) is 4.94. The highest BCUT2D eigenvalue weighted by Crippen LogP contribution is 2.14. The third kappa shape index (κ3) is 5.09. The summed E-state index contributed by atoms with van der Waals surface area (Å²) in [5.41, 5.74) is 0.709. The van der Waals surface area contributed by atoms with Crippen LogP contribution in [0, 0.1) is 6.92 Å². The van der Waals surface area contributed by atoms with E-state index in [0.29, 0.717) is 6.61 Å². The van der Waals surface area contributed by atoms with Gasteiger partial charge in [0.15, 0.2) is 0 Å². The zero-order valence-electron chi connectivity index (χ0n) is 10.4. The molecule has 0 aliphatic heterocycles. The Morgan fingerprint density at radius 1 is 1.47 bits per heavy atom. The molecule has 0 aliphatic rings. The first kappa shape index (κ1) is 13.8. The third-order valence-electron chi connectivity index (χ3n) is 2.19. The zero-order chi connectivity index (χ0) is 12.9. The van der Waals surface area contributed by atoms with Crippen molar-refractivity contribution in [1.82, 2.24) is 5.32 Å². The van der Waals surface area contributed by atoms with E-state index < -0.39 is 5.54 Å². The molecule has 17 heavy (non-hydrogen) atoms. The van der Waals surface area contributed by atoms with Crippen molar-refractivity contribution in [3.63, 3.8) is 0 Å². The number of nitrogens with one attached hydrogen (secondary N) is 1. The van der Waals surface area contributed by atoms with Crippen LogP contribution in [0.25, 0.3) is 0 Å². The van der Waals surface area contributed by atoms with E-state index >= 15 is 0 Å². The molecule has 1 N–H and O–H groups in total. The minimum atomic E-state index is -0.435. The van der Waals surface area contributed by atoms with Gasteiger partial charge < -0.3 is 10.1 Å². The topological polar surface area (TPSA) is 38.3 Å². The number of alkyl halides is 1. The summed E-state index contributed by atoms with van der Waals surface area (Å²) in [6, 6.07) is 7.80. The number of ether oxygens (including phenoxy) is 1. The van der Waals surface area contributed by atoms with Gasteiger partial charge in [-0.05, 0) is 38.5 Å². The monoisotopic (exact) mass is 255 g/mol. The maximum atomic E-state index is 11.2. The number of carbonyl (C=O) groups excluding carboxylic acids is 1. The summed E-state index contributed by atoms with van der Waals surface area (Å²) in [4.78, 5) is 11.2. The number of amides is 1. The standard InChI is InChI=1S/C13H18ClNO2/c1-10-5-4-6-11(7-10)17-9-13(2,3)15-12(16)8-14/h4-7H,8-9H2,1-3H3,(H,15,16). The van der Waals surface area contributed by atoms with E-state index in [1.807, 2.05) is 45.0 Å². The molecule has 3 nitrogen and oxygen atoms in total. The Bertz CT molecular complexity index is 391. The zero-order valence-corrected chi connectivity index (χ0v) is 11.2. The SMILES string of the molecule is Cc1cccc(OCC(C)(C)NC(=O)CCl)c1. The van der Waals surface area contributed by atoms with Crippen molar-refractivity contribution in [2.45, 2.75) is 26.3 Å². The molecule has 94 valence electrons. The quantitative estimate of drug-likeness (QED) is 0.821. The first-order valence-corrected chi connectivity index (χ1v) is 6.03. The van der Waals surface area contributed by atoms with Gasteiger partial charge in [0.05, 0.1) is 5.54 Å². The Hall–Kier alpha value is -1.22. The van der Waals surface area contributed by atoms with E-state index in [9.17, 15) is 4.79 Å². The van der Waals surface area contributed by atoms with Gasteiger partial charge >= 0.3 is 0 Å². The summed E-state index contributed by atoms with van der Waals surface area (Å²) in [6.45, 7) is 6.20. The maximum absolute atomic E-state index is 11.2. The molecule has 1 aromatic carbocycles. The largest absolute Gasteiger partial charge is 0.491 e. The van der Waals surface area contributed by atoms with Crippen LogP contribution in [-0.4, -0.2) is 23.9 Å². The maximum Gasteiger partial charge on any atom is 0.235 e. The van der Waals surface area contributed by atoms with Crippen LogP contribution in [0.3, 0.4) is 0 Å². The van der Waals surface area contributed by atoms with E-state index in [-0.39, 0.29) is 11.8 Å². The highest BCUT2D eigenvalue weighted by atomic mass is 35.5. The van der Waals surface area contributed by atoms with E-state index in [1.165, 1.54) is 0 Å². The number of hydrogen-bond donors (Lipinski definition) is 1. The molecule has 0 saturated heterocycles. The van der Waals surface area contributed by atoms with Gasteiger partial charge in [0.25, 0.3) is 0 Å². The number of benzene rings is 1. The molecule has 0 aliphatic carbocycles. The first-order valence-electron chi connectivity index (χ1n) is 5.49. The molecule has 4 heteroatoms. The van der Waals surface area contributed by atoms with Crippen LogP contribution in [0.2, 0.25) is 0 Å². The van der Waals surface area contributed by atoms with Crippen LogP contribution in [0.15, 0.2) is 24.3 Å². The lowest BCUT2D eigenvalue weighted by atomic mass is 10.1. The van der Waals surface area contributed by atoms with Crippen molar-refractivity contribution >= 4 is 17.5 Å². The number of carbonyl (C=O) groups is 1. The first-order chi connectivity index (χ1) is 7.93. The fourth-order valence-corrected chi connectivity index (χ4v) is 1.48. The van der Waals surface area contributed by atoms with Gasteiger partial charge in [-0.25, -0.2) is 0 Å². The van der Waals surface area contributed by atoms with Crippen molar-refractivity contribution in [2.24, 2.45) is 0 Å². The molecular formula is C13H18ClNO2. The molecule has 1 rings (SSSR count). The summed E-state index contributed by atoms with van der Waals surface area (Å²) in [5, 5.41) is 2.79. The number of hydrogen-bond acceptors (Lipinski definition) is 2. The molecule has 1 amide bonds. The predicted octanol–water partition coefficient (Wildman–Crippen LogP) is 2.51. The molecule has 0 fully saturated rings. The van der Waals surface area contributed by atoms with Crippen LogP contribution >= 0.6 is 11.6 Å². The molecule has 0 aromatic heterocycles. The Morgan fingerprint density at radius 3 is 2.76 bits per heavy atom. The van der Waals surface area contributed by atoms with Gasteiger partial charge in [-0.2, -0.15) is 0 Å². The Morgan fingerprint density at radius 2 is 2.18 bits per heavy atom. The number of halogens is 1. The van der Waals surface area contributed by atoms with Crippen LogP contribution in [-0.2, 0) is 4.79 Å². The summed E-state index contributed by atoms with van der Waals surface area (Å²) < 4.78 is 5.64. The molecule has 0 atom stereocenters. The highest BCUT2D eigenvalue weighted by molar-refractivity contribution is 6.27. The molecule has 0 bridgehead atoms. The van der Waals surface area contributed by atoms with E-state index in [1.54, 1.807) is 0 Å². The lowest BCUT2D eigenvalue weighted by molar-refractivity contribution is -0.120. The summed E-state index contributed by atoms with van der Waals surface area (Å²) in [6.07, 6.45) is 0.